The van der Waals surface area contributed by atoms with Crippen molar-refractivity contribution in [3.05, 3.63) is 136 Å². The van der Waals surface area contributed by atoms with E-state index in [2.05, 4.69) is 10.3 Å². The van der Waals surface area contributed by atoms with Crippen molar-refractivity contribution in [1.29, 1.82) is 0 Å². The Bertz CT molecular complexity index is 2070. The lowest BCUT2D eigenvalue weighted by atomic mass is 10.0. The lowest BCUT2D eigenvalue weighted by Crippen LogP contribution is -2.38. The first kappa shape index (κ1) is 28.6. The molecule has 45 heavy (non-hydrogen) atoms. The molecule has 0 aliphatic carbocycles. The predicted molar refractivity (Wildman–Crippen MR) is 175 cm³/mol. The molecule has 0 unspecified atom stereocenters. The van der Waals surface area contributed by atoms with Crippen molar-refractivity contribution in [2.75, 3.05) is 13.1 Å². The monoisotopic (exact) mass is 633 g/mol. The lowest BCUT2D eigenvalue weighted by molar-refractivity contribution is 0.0649. The number of hydrogen-bond donors (Lipinski definition) is 2. The molecule has 0 spiro atoms. The standard InChI is InChI=1S/C35H25Cl2N5O3/c36-23-12-10-21(11-13-23)19-41-20-39-30(22-6-2-1-3-7-22)32(41)29-27-15-14-24(37)18-28(27)40-31(29)33(43)38-16-17-42-34(44)25-8-4-5-9-26(25)35(42)45/h1-15,18,20,40H,16-17,19H2,(H,38,43). The van der Waals surface area contributed by atoms with E-state index in [0.717, 1.165) is 27.1 Å². The van der Waals surface area contributed by atoms with E-state index < -0.39 is 5.91 Å². The summed E-state index contributed by atoms with van der Waals surface area (Å²) in [5, 5.41) is 4.87. The third kappa shape index (κ3) is 5.28. The number of benzene rings is 4. The predicted octanol–water partition coefficient (Wildman–Crippen LogP) is 7.08. The number of carbonyl (C=O) groups is 3. The lowest BCUT2D eigenvalue weighted by Gasteiger charge is -2.15. The van der Waals surface area contributed by atoms with Gasteiger partial charge in [-0.1, -0.05) is 83.9 Å². The molecule has 3 heterocycles. The van der Waals surface area contributed by atoms with E-state index in [9.17, 15) is 14.4 Å². The maximum absolute atomic E-state index is 13.9. The second kappa shape index (κ2) is 11.7. The Balaban J connectivity index is 1.27. The number of halogens is 2. The summed E-state index contributed by atoms with van der Waals surface area (Å²) < 4.78 is 2.01. The third-order valence-corrected chi connectivity index (χ3v) is 8.36. The molecule has 7 rings (SSSR count). The smallest absolute Gasteiger partial charge is 0.268 e. The molecule has 2 N–H and O–H groups in total. The highest BCUT2D eigenvalue weighted by atomic mass is 35.5. The van der Waals surface area contributed by atoms with Crippen molar-refractivity contribution >= 4 is 51.8 Å². The van der Waals surface area contributed by atoms with E-state index in [1.54, 1.807) is 42.7 Å². The number of rotatable bonds is 8. The molecule has 1 aliphatic rings. The maximum atomic E-state index is 13.9. The van der Waals surface area contributed by atoms with Crippen LogP contribution in [0.1, 0.15) is 36.8 Å². The largest absolute Gasteiger partial charge is 0.350 e. The summed E-state index contributed by atoms with van der Waals surface area (Å²) in [5.74, 6) is -1.14. The van der Waals surface area contributed by atoms with Gasteiger partial charge < -0.3 is 14.9 Å². The maximum Gasteiger partial charge on any atom is 0.268 e. The highest BCUT2D eigenvalue weighted by Crippen LogP contribution is 2.39. The van der Waals surface area contributed by atoms with Gasteiger partial charge in [0.2, 0.25) is 0 Å². The molecule has 0 fully saturated rings. The van der Waals surface area contributed by atoms with Crippen LogP contribution in [0.5, 0.6) is 0 Å². The van der Waals surface area contributed by atoms with E-state index in [1.165, 1.54) is 0 Å². The number of imide groups is 1. The van der Waals surface area contributed by atoms with Gasteiger partial charge >= 0.3 is 0 Å². The molecule has 0 saturated carbocycles. The second-order valence-corrected chi connectivity index (χ2v) is 11.6. The fourth-order valence-corrected chi connectivity index (χ4v) is 6.05. The van der Waals surface area contributed by atoms with Crippen LogP contribution in [-0.2, 0) is 6.54 Å². The summed E-state index contributed by atoms with van der Waals surface area (Å²) in [5.41, 5.74) is 5.74. The molecule has 6 aromatic rings. The zero-order valence-electron chi connectivity index (χ0n) is 23.8. The minimum Gasteiger partial charge on any atom is -0.350 e. The summed E-state index contributed by atoms with van der Waals surface area (Å²) >= 11 is 12.5. The van der Waals surface area contributed by atoms with E-state index in [-0.39, 0.29) is 24.9 Å². The third-order valence-electron chi connectivity index (χ3n) is 7.87. The van der Waals surface area contributed by atoms with Gasteiger partial charge in [-0.3, -0.25) is 19.3 Å². The van der Waals surface area contributed by atoms with Gasteiger partial charge in [-0.05, 0) is 42.0 Å². The number of aromatic nitrogens is 3. The van der Waals surface area contributed by atoms with Gasteiger partial charge in [-0.25, -0.2) is 4.98 Å². The van der Waals surface area contributed by atoms with Crippen LogP contribution in [0.3, 0.4) is 0 Å². The molecule has 1 aliphatic heterocycles. The van der Waals surface area contributed by atoms with E-state index in [4.69, 9.17) is 28.2 Å². The van der Waals surface area contributed by atoms with Crippen LogP contribution in [0.25, 0.3) is 33.4 Å². The van der Waals surface area contributed by atoms with Gasteiger partial charge in [0.05, 0.1) is 28.8 Å². The normalized spacial score (nSPS) is 12.6. The summed E-state index contributed by atoms with van der Waals surface area (Å²) in [6.07, 6.45) is 1.77. The molecule has 8 nitrogen and oxygen atoms in total. The number of hydrogen-bond acceptors (Lipinski definition) is 4. The second-order valence-electron chi connectivity index (χ2n) is 10.7. The summed E-state index contributed by atoms with van der Waals surface area (Å²) in [6, 6.07) is 29.5. The average Bonchev–Trinajstić information content (AvgIpc) is 3.71. The number of fused-ring (bicyclic) bond motifs is 2. The zero-order valence-corrected chi connectivity index (χ0v) is 25.3. The Labute approximate surface area is 268 Å². The number of imidazole rings is 1. The van der Waals surface area contributed by atoms with Gasteiger partial charge in [0.15, 0.2) is 0 Å². The van der Waals surface area contributed by atoms with Gasteiger partial charge in [0, 0.05) is 51.7 Å². The fourth-order valence-electron chi connectivity index (χ4n) is 5.76. The van der Waals surface area contributed by atoms with Crippen molar-refractivity contribution < 1.29 is 14.4 Å². The highest BCUT2D eigenvalue weighted by molar-refractivity contribution is 6.31. The minimum absolute atomic E-state index is 0.0310. The van der Waals surface area contributed by atoms with E-state index in [0.29, 0.717) is 50.2 Å². The topological polar surface area (TPSA) is 100 Å². The number of nitrogens with zero attached hydrogens (tertiary/aromatic N) is 3. The van der Waals surface area contributed by atoms with Crippen LogP contribution in [0, 0.1) is 0 Å². The van der Waals surface area contributed by atoms with Crippen LogP contribution in [0.2, 0.25) is 10.0 Å². The molecule has 0 radical (unpaired) electrons. The summed E-state index contributed by atoms with van der Waals surface area (Å²) in [6.45, 7) is 0.575. The van der Waals surface area contributed by atoms with Crippen molar-refractivity contribution in [2.24, 2.45) is 0 Å². The molecule has 10 heteroatoms. The Kier molecular flexibility index (Phi) is 7.45. The van der Waals surface area contributed by atoms with Crippen LogP contribution < -0.4 is 5.32 Å². The molecule has 4 aromatic carbocycles. The molecule has 0 atom stereocenters. The van der Waals surface area contributed by atoms with E-state index in [1.807, 2.05) is 65.2 Å². The molecular formula is C35H25Cl2N5O3. The van der Waals surface area contributed by atoms with Crippen LogP contribution in [-0.4, -0.2) is 50.2 Å². The summed E-state index contributed by atoms with van der Waals surface area (Å²) in [4.78, 5) is 48.9. The molecule has 222 valence electrons. The number of H-pyrrole nitrogens is 1. The van der Waals surface area contributed by atoms with Gasteiger partial charge in [0.1, 0.15) is 5.69 Å². The van der Waals surface area contributed by atoms with E-state index >= 15 is 0 Å². The minimum atomic E-state index is -0.396. The first-order valence-electron chi connectivity index (χ1n) is 14.3. The van der Waals surface area contributed by atoms with Gasteiger partial charge in [-0.2, -0.15) is 0 Å². The number of nitrogens with one attached hydrogen (secondary N) is 2. The van der Waals surface area contributed by atoms with Gasteiger partial charge in [-0.15, -0.1) is 0 Å². The molecule has 3 amide bonds. The SMILES string of the molecule is O=C(NCCN1C(=O)c2ccccc2C1=O)c1[nH]c2cc(Cl)ccc2c1-c1c(-c2ccccc2)ncn1Cc1ccc(Cl)cc1. The van der Waals surface area contributed by atoms with Crippen molar-refractivity contribution in [2.45, 2.75) is 6.54 Å². The van der Waals surface area contributed by atoms with Gasteiger partial charge in [0.25, 0.3) is 17.7 Å². The Morgan fingerprint density at radius 1 is 0.822 bits per heavy atom. The highest BCUT2D eigenvalue weighted by Gasteiger charge is 2.35. The first-order chi connectivity index (χ1) is 21.9. The zero-order chi connectivity index (χ0) is 31.1. The molecule has 0 saturated heterocycles. The first-order valence-corrected chi connectivity index (χ1v) is 15.0. The average molecular weight is 635 g/mol. The quantitative estimate of drug-likeness (QED) is 0.175. The fraction of sp³-hybridized carbons (Fsp3) is 0.0857. The molecule has 2 aromatic heterocycles. The number of amides is 3. The molecular weight excluding hydrogens is 609 g/mol. The Morgan fingerprint density at radius 3 is 2.20 bits per heavy atom. The van der Waals surface area contributed by atoms with Crippen molar-refractivity contribution in [3.8, 4) is 22.5 Å². The Morgan fingerprint density at radius 2 is 1.49 bits per heavy atom. The van der Waals surface area contributed by atoms with Crippen molar-refractivity contribution in [3.63, 3.8) is 0 Å². The van der Waals surface area contributed by atoms with Crippen LogP contribution in [0.15, 0.2) is 103 Å². The number of carbonyl (C=O) groups excluding carboxylic acids is 3. The van der Waals surface area contributed by atoms with Crippen LogP contribution >= 0.6 is 23.2 Å². The van der Waals surface area contributed by atoms with Crippen molar-refractivity contribution in [1.82, 2.24) is 24.8 Å². The number of aromatic amines is 1. The Hall–Kier alpha value is -5.18. The van der Waals surface area contributed by atoms with Crippen LogP contribution in [0.4, 0.5) is 0 Å². The molecule has 0 bridgehead atoms. The summed E-state index contributed by atoms with van der Waals surface area (Å²) in [7, 11) is 0.